The van der Waals surface area contributed by atoms with E-state index >= 15 is 0 Å². The van der Waals surface area contributed by atoms with Gasteiger partial charge in [0.05, 0.1) is 12.2 Å². The molecule has 0 spiro atoms. The SMILES string of the molecule is CC(C)c1c(N)c(=O)n(Cc2ccccc2Br)n1C. The monoisotopic (exact) mass is 323 g/mol. The molecular weight excluding hydrogens is 306 g/mol. The molecule has 5 heteroatoms. The Balaban J connectivity index is 2.51. The largest absolute Gasteiger partial charge is 0.393 e. The smallest absolute Gasteiger partial charge is 0.290 e. The molecule has 4 nitrogen and oxygen atoms in total. The van der Waals surface area contributed by atoms with E-state index in [4.69, 9.17) is 5.73 Å². The molecule has 0 amide bonds. The first-order valence-electron chi connectivity index (χ1n) is 6.22. The zero-order valence-corrected chi connectivity index (χ0v) is 12.9. The molecule has 0 bridgehead atoms. The molecule has 102 valence electrons. The van der Waals surface area contributed by atoms with Gasteiger partial charge in [-0.3, -0.25) is 9.48 Å². The Hall–Kier alpha value is -1.49. The second-order valence-corrected chi connectivity index (χ2v) is 5.79. The minimum Gasteiger partial charge on any atom is -0.393 e. The van der Waals surface area contributed by atoms with Gasteiger partial charge in [0.25, 0.3) is 5.56 Å². The first kappa shape index (κ1) is 13.9. The molecule has 0 radical (unpaired) electrons. The number of benzene rings is 1. The summed E-state index contributed by atoms with van der Waals surface area (Å²) in [4.78, 5) is 12.2. The predicted molar refractivity (Wildman–Crippen MR) is 81.4 cm³/mol. The molecule has 0 fully saturated rings. The molecule has 2 aromatic rings. The lowest BCUT2D eigenvalue weighted by Gasteiger charge is -2.12. The van der Waals surface area contributed by atoms with Crippen molar-refractivity contribution in [2.45, 2.75) is 26.3 Å². The predicted octanol–water partition coefficient (Wildman–Crippen LogP) is 2.70. The van der Waals surface area contributed by atoms with Crippen molar-refractivity contribution < 1.29 is 0 Å². The van der Waals surface area contributed by atoms with Gasteiger partial charge in [-0.25, -0.2) is 4.68 Å². The van der Waals surface area contributed by atoms with E-state index in [1.165, 1.54) is 0 Å². The molecular formula is C14H18BrN3O. The van der Waals surface area contributed by atoms with E-state index in [1.54, 1.807) is 4.68 Å². The maximum atomic E-state index is 12.2. The van der Waals surface area contributed by atoms with Crippen molar-refractivity contribution in [2.75, 3.05) is 5.73 Å². The van der Waals surface area contributed by atoms with Crippen LogP contribution >= 0.6 is 15.9 Å². The van der Waals surface area contributed by atoms with E-state index in [9.17, 15) is 4.79 Å². The molecule has 1 heterocycles. The van der Waals surface area contributed by atoms with Gasteiger partial charge in [0.2, 0.25) is 0 Å². The van der Waals surface area contributed by atoms with Crippen LogP contribution in [0.3, 0.4) is 0 Å². The topological polar surface area (TPSA) is 53.0 Å². The Kier molecular flexibility index (Phi) is 3.85. The van der Waals surface area contributed by atoms with Crippen LogP contribution in [0.5, 0.6) is 0 Å². The molecule has 0 aliphatic carbocycles. The van der Waals surface area contributed by atoms with E-state index in [1.807, 2.05) is 49.8 Å². The average Bonchev–Trinajstić information content (AvgIpc) is 2.56. The normalized spacial score (nSPS) is 11.2. The van der Waals surface area contributed by atoms with Gasteiger partial charge in [0.1, 0.15) is 5.69 Å². The number of rotatable bonds is 3. The fraction of sp³-hybridized carbons (Fsp3) is 0.357. The molecule has 0 aliphatic heterocycles. The molecule has 2 rings (SSSR count). The van der Waals surface area contributed by atoms with E-state index in [0.29, 0.717) is 12.2 Å². The van der Waals surface area contributed by atoms with Crippen molar-refractivity contribution in [1.82, 2.24) is 9.36 Å². The minimum atomic E-state index is -0.123. The van der Waals surface area contributed by atoms with Crippen LogP contribution in [0.1, 0.15) is 31.0 Å². The van der Waals surface area contributed by atoms with Crippen LogP contribution in [0.25, 0.3) is 0 Å². The summed E-state index contributed by atoms with van der Waals surface area (Å²) in [7, 11) is 1.88. The van der Waals surface area contributed by atoms with Crippen molar-refractivity contribution in [1.29, 1.82) is 0 Å². The molecule has 0 unspecified atom stereocenters. The van der Waals surface area contributed by atoms with Crippen molar-refractivity contribution in [3.63, 3.8) is 0 Å². The third kappa shape index (κ3) is 2.47. The number of nitrogens with two attached hydrogens (primary N) is 1. The van der Waals surface area contributed by atoms with E-state index < -0.39 is 0 Å². The molecule has 19 heavy (non-hydrogen) atoms. The van der Waals surface area contributed by atoms with Gasteiger partial charge in [0, 0.05) is 11.5 Å². The summed E-state index contributed by atoms with van der Waals surface area (Å²) in [6.07, 6.45) is 0. The summed E-state index contributed by atoms with van der Waals surface area (Å²) in [6, 6.07) is 7.88. The number of aromatic nitrogens is 2. The number of hydrogen-bond donors (Lipinski definition) is 1. The third-order valence-electron chi connectivity index (χ3n) is 3.28. The maximum absolute atomic E-state index is 12.2. The number of nitrogen functional groups attached to an aromatic ring is 1. The van der Waals surface area contributed by atoms with Crippen LogP contribution in [0.2, 0.25) is 0 Å². The molecule has 1 aromatic carbocycles. The zero-order valence-electron chi connectivity index (χ0n) is 11.4. The molecule has 0 saturated heterocycles. The highest BCUT2D eigenvalue weighted by Gasteiger charge is 2.18. The van der Waals surface area contributed by atoms with Crippen LogP contribution in [-0.4, -0.2) is 9.36 Å². The standard InChI is InChI=1S/C14H18BrN3O/c1-9(2)13-12(16)14(19)18(17(13)3)8-10-6-4-5-7-11(10)15/h4-7,9H,8,16H2,1-3H3. The van der Waals surface area contributed by atoms with Crippen molar-refractivity contribution >= 4 is 21.6 Å². The summed E-state index contributed by atoms with van der Waals surface area (Å²) < 4.78 is 4.53. The zero-order chi connectivity index (χ0) is 14.2. The lowest BCUT2D eigenvalue weighted by Crippen LogP contribution is -2.23. The molecule has 0 aliphatic rings. The quantitative estimate of drug-likeness (QED) is 0.944. The summed E-state index contributed by atoms with van der Waals surface area (Å²) in [5.41, 5.74) is 8.10. The first-order chi connectivity index (χ1) is 8.93. The maximum Gasteiger partial charge on any atom is 0.290 e. The summed E-state index contributed by atoms with van der Waals surface area (Å²) in [5.74, 6) is 0.221. The van der Waals surface area contributed by atoms with Gasteiger partial charge in [-0.2, -0.15) is 0 Å². The van der Waals surface area contributed by atoms with Crippen LogP contribution in [-0.2, 0) is 13.6 Å². The van der Waals surface area contributed by atoms with Crippen molar-refractivity contribution in [3.05, 3.63) is 50.3 Å². The first-order valence-corrected chi connectivity index (χ1v) is 7.01. The highest BCUT2D eigenvalue weighted by molar-refractivity contribution is 9.10. The number of halogens is 1. The van der Waals surface area contributed by atoms with Gasteiger partial charge < -0.3 is 5.73 Å². The summed E-state index contributed by atoms with van der Waals surface area (Å²) >= 11 is 3.50. The van der Waals surface area contributed by atoms with Gasteiger partial charge in [-0.15, -0.1) is 0 Å². The van der Waals surface area contributed by atoms with Crippen LogP contribution < -0.4 is 11.3 Å². The molecule has 0 saturated carbocycles. The Morgan fingerprint density at radius 1 is 1.32 bits per heavy atom. The lowest BCUT2D eigenvalue weighted by molar-refractivity contribution is 0.508. The van der Waals surface area contributed by atoms with Gasteiger partial charge in [-0.05, 0) is 17.5 Å². The Labute approximate surface area is 120 Å². The summed E-state index contributed by atoms with van der Waals surface area (Å²) in [6.45, 7) is 4.58. The van der Waals surface area contributed by atoms with Crippen molar-refractivity contribution in [3.8, 4) is 0 Å². The molecule has 2 N–H and O–H groups in total. The molecule has 1 aromatic heterocycles. The van der Waals surface area contributed by atoms with Crippen LogP contribution in [0.15, 0.2) is 33.5 Å². The highest BCUT2D eigenvalue weighted by Crippen LogP contribution is 2.21. The van der Waals surface area contributed by atoms with Crippen LogP contribution in [0, 0.1) is 0 Å². The molecule has 0 atom stereocenters. The van der Waals surface area contributed by atoms with Gasteiger partial charge >= 0.3 is 0 Å². The van der Waals surface area contributed by atoms with Gasteiger partial charge in [-0.1, -0.05) is 48.0 Å². The summed E-state index contributed by atoms with van der Waals surface area (Å²) in [5, 5.41) is 0. The minimum absolute atomic E-state index is 0.123. The van der Waals surface area contributed by atoms with E-state index in [2.05, 4.69) is 15.9 Å². The fourth-order valence-electron chi connectivity index (χ4n) is 2.34. The fourth-order valence-corrected chi connectivity index (χ4v) is 2.75. The highest BCUT2D eigenvalue weighted by atomic mass is 79.9. The Morgan fingerprint density at radius 2 is 1.95 bits per heavy atom. The third-order valence-corrected chi connectivity index (χ3v) is 4.05. The lowest BCUT2D eigenvalue weighted by atomic mass is 10.1. The average molecular weight is 324 g/mol. The van der Waals surface area contributed by atoms with E-state index in [0.717, 1.165) is 15.7 Å². The second-order valence-electron chi connectivity index (χ2n) is 4.93. The van der Waals surface area contributed by atoms with Crippen LogP contribution in [0.4, 0.5) is 5.69 Å². The second kappa shape index (κ2) is 5.25. The van der Waals surface area contributed by atoms with Crippen molar-refractivity contribution in [2.24, 2.45) is 7.05 Å². The van der Waals surface area contributed by atoms with E-state index in [-0.39, 0.29) is 11.5 Å². The van der Waals surface area contributed by atoms with Gasteiger partial charge in [0.15, 0.2) is 0 Å². The Morgan fingerprint density at radius 3 is 2.47 bits per heavy atom. The number of hydrogen-bond acceptors (Lipinski definition) is 2. The Bertz CT molecular complexity index is 655. The number of anilines is 1. The number of nitrogens with zero attached hydrogens (tertiary/aromatic N) is 2.